The van der Waals surface area contributed by atoms with E-state index in [1.165, 1.54) is 5.69 Å². The van der Waals surface area contributed by atoms with E-state index in [2.05, 4.69) is 34.3 Å². The Bertz CT molecular complexity index is 369. The second-order valence-corrected chi connectivity index (χ2v) is 5.08. The van der Waals surface area contributed by atoms with Crippen LogP contribution in [0.2, 0.25) is 5.02 Å². The average molecular weight is 254 g/mol. The number of piperazine rings is 1. The number of rotatable bonds is 3. The van der Waals surface area contributed by atoms with Crippen molar-refractivity contribution in [2.24, 2.45) is 0 Å². The SMILES string of the molecule is CNCC1CN(C)CCN1c1cccc(Cl)c1. The number of nitrogens with zero attached hydrogens (tertiary/aromatic N) is 2. The fourth-order valence-electron chi connectivity index (χ4n) is 2.42. The fraction of sp³-hybridized carbons (Fsp3) is 0.538. The van der Waals surface area contributed by atoms with Crippen molar-refractivity contribution in [1.29, 1.82) is 0 Å². The van der Waals surface area contributed by atoms with Gasteiger partial charge in [0.1, 0.15) is 0 Å². The molecule has 1 unspecified atom stereocenters. The van der Waals surface area contributed by atoms with E-state index in [1.54, 1.807) is 0 Å². The zero-order chi connectivity index (χ0) is 12.3. The molecule has 17 heavy (non-hydrogen) atoms. The zero-order valence-corrected chi connectivity index (χ0v) is 11.2. The highest BCUT2D eigenvalue weighted by molar-refractivity contribution is 6.30. The molecule has 0 aromatic heterocycles. The first kappa shape index (κ1) is 12.7. The van der Waals surface area contributed by atoms with Crippen LogP contribution in [-0.4, -0.2) is 51.2 Å². The van der Waals surface area contributed by atoms with Gasteiger partial charge in [-0.25, -0.2) is 0 Å². The highest BCUT2D eigenvalue weighted by atomic mass is 35.5. The highest BCUT2D eigenvalue weighted by Crippen LogP contribution is 2.23. The van der Waals surface area contributed by atoms with Crippen molar-refractivity contribution < 1.29 is 0 Å². The standard InChI is InChI=1S/C13H20ClN3/c1-15-9-13-10-16(2)6-7-17(13)12-5-3-4-11(14)8-12/h3-5,8,13,15H,6-7,9-10H2,1-2H3. The van der Waals surface area contributed by atoms with Gasteiger partial charge in [-0.15, -0.1) is 0 Å². The Balaban J connectivity index is 2.17. The van der Waals surface area contributed by atoms with Crippen LogP contribution >= 0.6 is 11.6 Å². The van der Waals surface area contributed by atoms with E-state index in [4.69, 9.17) is 11.6 Å². The molecule has 4 heteroatoms. The molecule has 1 saturated heterocycles. The van der Waals surface area contributed by atoms with Crippen molar-refractivity contribution in [3.63, 3.8) is 0 Å². The molecule has 0 saturated carbocycles. The van der Waals surface area contributed by atoms with Crippen molar-refractivity contribution in [1.82, 2.24) is 10.2 Å². The van der Waals surface area contributed by atoms with Gasteiger partial charge in [0.25, 0.3) is 0 Å². The number of halogens is 1. The van der Waals surface area contributed by atoms with E-state index in [9.17, 15) is 0 Å². The van der Waals surface area contributed by atoms with Gasteiger partial charge in [0.05, 0.1) is 6.04 Å². The van der Waals surface area contributed by atoms with Gasteiger partial charge in [-0.2, -0.15) is 0 Å². The molecule has 3 nitrogen and oxygen atoms in total. The maximum atomic E-state index is 6.06. The Morgan fingerprint density at radius 3 is 2.94 bits per heavy atom. The lowest BCUT2D eigenvalue weighted by Crippen LogP contribution is -2.55. The maximum absolute atomic E-state index is 6.06. The van der Waals surface area contributed by atoms with Crippen LogP contribution in [0.3, 0.4) is 0 Å². The topological polar surface area (TPSA) is 18.5 Å². The van der Waals surface area contributed by atoms with Crippen molar-refractivity contribution in [2.45, 2.75) is 6.04 Å². The third-order valence-electron chi connectivity index (χ3n) is 3.27. The van der Waals surface area contributed by atoms with E-state index >= 15 is 0 Å². The zero-order valence-electron chi connectivity index (χ0n) is 10.5. The first-order valence-corrected chi connectivity index (χ1v) is 6.44. The van der Waals surface area contributed by atoms with Crippen LogP contribution in [0.1, 0.15) is 0 Å². The van der Waals surface area contributed by atoms with Crippen LogP contribution in [0.15, 0.2) is 24.3 Å². The lowest BCUT2D eigenvalue weighted by Gasteiger charge is -2.41. The molecule has 1 aromatic rings. The molecule has 2 rings (SSSR count). The average Bonchev–Trinajstić information content (AvgIpc) is 2.29. The summed E-state index contributed by atoms with van der Waals surface area (Å²) in [6.45, 7) is 4.25. The van der Waals surface area contributed by atoms with Gasteiger partial charge in [0.15, 0.2) is 0 Å². The minimum Gasteiger partial charge on any atom is -0.365 e. The first-order chi connectivity index (χ1) is 8.20. The van der Waals surface area contributed by atoms with Gasteiger partial charge >= 0.3 is 0 Å². The van der Waals surface area contributed by atoms with Crippen molar-refractivity contribution in [3.05, 3.63) is 29.3 Å². The number of hydrogen-bond donors (Lipinski definition) is 1. The molecule has 0 bridgehead atoms. The second-order valence-electron chi connectivity index (χ2n) is 4.65. The summed E-state index contributed by atoms with van der Waals surface area (Å²) >= 11 is 6.06. The van der Waals surface area contributed by atoms with Crippen LogP contribution in [0, 0.1) is 0 Å². The van der Waals surface area contributed by atoms with E-state index < -0.39 is 0 Å². The summed E-state index contributed by atoms with van der Waals surface area (Å²) in [5, 5.41) is 4.08. The van der Waals surface area contributed by atoms with Crippen molar-refractivity contribution in [3.8, 4) is 0 Å². The molecule has 0 radical (unpaired) electrons. The molecular formula is C13H20ClN3. The van der Waals surface area contributed by atoms with Gasteiger partial charge in [-0.1, -0.05) is 17.7 Å². The third kappa shape index (κ3) is 3.12. The minimum absolute atomic E-state index is 0.511. The Morgan fingerprint density at radius 1 is 1.41 bits per heavy atom. The van der Waals surface area contributed by atoms with Crippen LogP contribution in [0.25, 0.3) is 0 Å². The number of likely N-dealkylation sites (N-methyl/N-ethyl adjacent to an activating group) is 2. The summed E-state index contributed by atoms with van der Waals surface area (Å²) in [6.07, 6.45) is 0. The largest absolute Gasteiger partial charge is 0.365 e. The molecule has 0 aliphatic carbocycles. The highest BCUT2D eigenvalue weighted by Gasteiger charge is 2.24. The lowest BCUT2D eigenvalue weighted by atomic mass is 10.1. The molecule has 1 heterocycles. The van der Waals surface area contributed by atoms with Crippen LogP contribution in [-0.2, 0) is 0 Å². The van der Waals surface area contributed by atoms with Crippen molar-refractivity contribution >= 4 is 17.3 Å². The summed E-state index contributed by atoms with van der Waals surface area (Å²) in [7, 11) is 4.18. The Morgan fingerprint density at radius 2 is 2.24 bits per heavy atom. The van der Waals surface area contributed by atoms with Crippen LogP contribution in [0.5, 0.6) is 0 Å². The number of nitrogens with one attached hydrogen (secondary N) is 1. The summed E-state index contributed by atoms with van der Waals surface area (Å²) in [4.78, 5) is 4.82. The van der Waals surface area contributed by atoms with E-state index in [0.29, 0.717) is 6.04 Å². The molecule has 1 aliphatic heterocycles. The quantitative estimate of drug-likeness (QED) is 0.884. The van der Waals surface area contributed by atoms with Gasteiger partial charge in [-0.05, 0) is 32.3 Å². The molecule has 1 aromatic carbocycles. The van der Waals surface area contributed by atoms with E-state index in [1.807, 2.05) is 19.2 Å². The molecule has 1 N–H and O–H groups in total. The normalized spacial score (nSPS) is 21.8. The Labute approximate surface area is 108 Å². The summed E-state index contributed by atoms with van der Waals surface area (Å²) in [5.74, 6) is 0. The number of hydrogen-bond acceptors (Lipinski definition) is 3. The van der Waals surface area contributed by atoms with Crippen molar-refractivity contribution in [2.75, 3.05) is 45.2 Å². The molecule has 94 valence electrons. The molecule has 1 atom stereocenters. The van der Waals surface area contributed by atoms with Gasteiger partial charge < -0.3 is 15.1 Å². The monoisotopic (exact) mass is 253 g/mol. The summed E-state index contributed by atoms with van der Waals surface area (Å²) in [6, 6.07) is 8.65. The van der Waals surface area contributed by atoms with Gasteiger partial charge in [-0.3, -0.25) is 0 Å². The predicted molar refractivity (Wildman–Crippen MR) is 74.0 cm³/mol. The maximum Gasteiger partial charge on any atom is 0.0541 e. The van der Waals surface area contributed by atoms with Crippen LogP contribution < -0.4 is 10.2 Å². The summed E-state index contributed by atoms with van der Waals surface area (Å²) < 4.78 is 0. The van der Waals surface area contributed by atoms with Gasteiger partial charge in [0.2, 0.25) is 0 Å². The van der Waals surface area contributed by atoms with E-state index in [-0.39, 0.29) is 0 Å². The molecule has 0 spiro atoms. The Kier molecular flexibility index (Phi) is 4.26. The molecule has 0 amide bonds. The van der Waals surface area contributed by atoms with Crippen LogP contribution in [0.4, 0.5) is 5.69 Å². The second kappa shape index (κ2) is 5.71. The summed E-state index contributed by atoms with van der Waals surface area (Å²) in [5.41, 5.74) is 1.23. The number of benzene rings is 1. The minimum atomic E-state index is 0.511. The first-order valence-electron chi connectivity index (χ1n) is 6.06. The lowest BCUT2D eigenvalue weighted by molar-refractivity contribution is 0.265. The number of anilines is 1. The fourth-order valence-corrected chi connectivity index (χ4v) is 2.60. The third-order valence-corrected chi connectivity index (χ3v) is 3.50. The predicted octanol–water partition coefficient (Wildman–Crippen LogP) is 1.68. The van der Waals surface area contributed by atoms with E-state index in [0.717, 1.165) is 31.2 Å². The Hall–Kier alpha value is -0.770. The molecule has 1 aliphatic rings. The smallest absolute Gasteiger partial charge is 0.0541 e. The van der Waals surface area contributed by atoms with Gasteiger partial charge in [0, 0.05) is 36.9 Å². The molecule has 1 fully saturated rings. The molecular weight excluding hydrogens is 234 g/mol.